The molecule has 166 valence electrons. The molecule has 0 radical (unpaired) electrons. The van der Waals surface area contributed by atoms with Crippen molar-refractivity contribution < 1.29 is 9.59 Å². The summed E-state index contributed by atoms with van der Waals surface area (Å²) in [6.07, 6.45) is 0.0455. The highest BCUT2D eigenvalue weighted by atomic mass is 16.2. The van der Waals surface area contributed by atoms with E-state index >= 15 is 0 Å². The van der Waals surface area contributed by atoms with Crippen molar-refractivity contribution in [2.75, 3.05) is 10.2 Å². The van der Waals surface area contributed by atoms with Crippen molar-refractivity contribution in [3.63, 3.8) is 0 Å². The molecular weight excluding hydrogens is 412 g/mol. The van der Waals surface area contributed by atoms with Crippen molar-refractivity contribution in [1.29, 1.82) is 0 Å². The predicted molar refractivity (Wildman–Crippen MR) is 130 cm³/mol. The number of hydrogen-bond acceptors (Lipinski definition) is 3. The third kappa shape index (κ3) is 3.89. The van der Waals surface area contributed by atoms with Crippen molar-refractivity contribution in [1.82, 2.24) is 9.55 Å². The number of nitrogens with zero attached hydrogens (tertiary/aromatic N) is 3. The smallest absolute Gasteiger partial charge is 0.253 e. The van der Waals surface area contributed by atoms with Gasteiger partial charge in [0.1, 0.15) is 6.04 Å². The minimum Gasteiger partial charge on any atom is -0.326 e. The largest absolute Gasteiger partial charge is 0.326 e. The fourth-order valence-electron chi connectivity index (χ4n) is 4.45. The first kappa shape index (κ1) is 20.9. The van der Waals surface area contributed by atoms with Crippen LogP contribution in [0.15, 0.2) is 66.7 Å². The number of carbonyl (C=O) groups is 2. The van der Waals surface area contributed by atoms with Crippen molar-refractivity contribution in [3.05, 3.63) is 89.0 Å². The van der Waals surface area contributed by atoms with Crippen LogP contribution in [0.5, 0.6) is 0 Å². The van der Waals surface area contributed by atoms with Crippen LogP contribution in [0.1, 0.15) is 34.7 Å². The summed E-state index contributed by atoms with van der Waals surface area (Å²) in [7, 11) is 0. The summed E-state index contributed by atoms with van der Waals surface area (Å²) in [5.74, 6) is 0.284. The van der Waals surface area contributed by atoms with Gasteiger partial charge in [-0.25, -0.2) is 4.98 Å². The van der Waals surface area contributed by atoms with Crippen LogP contribution in [-0.2, 0) is 16.1 Å². The zero-order chi connectivity index (χ0) is 23.1. The topological polar surface area (TPSA) is 67.2 Å². The number of rotatable bonds is 5. The third-order valence-corrected chi connectivity index (χ3v) is 6.18. The Morgan fingerprint density at radius 1 is 0.970 bits per heavy atom. The number of para-hydroxylation sites is 2. The third-order valence-electron chi connectivity index (χ3n) is 6.18. The molecule has 4 aromatic rings. The highest BCUT2D eigenvalue weighted by Gasteiger charge is 2.40. The Balaban J connectivity index is 1.46. The quantitative estimate of drug-likeness (QED) is 0.473. The Labute approximate surface area is 192 Å². The van der Waals surface area contributed by atoms with Crippen LogP contribution in [0, 0.1) is 20.8 Å². The average molecular weight is 439 g/mol. The van der Waals surface area contributed by atoms with Gasteiger partial charge in [-0.2, -0.15) is 0 Å². The van der Waals surface area contributed by atoms with E-state index in [-0.39, 0.29) is 18.2 Å². The molecule has 0 saturated heterocycles. The molecule has 1 aliphatic rings. The van der Waals surface area contributed by atoms with Gasteiger partial charge in [0.2, 0.25) is 11.9 Å². The molecule has 33 heavy (non-hydrogen) atoms. The second kappa shape index (κ2) is 8.20. The SMILES string of the molecule is Cc1ccc(CN2C(=O)[C@@H](CC(=O)Nc3ccc(C)cc3C)n3c2nc2ccccc23)cc1. The van der Waals surface area contributed by atoms with Crippen LogP contribution < -0.4 is 10.2 Å². The number of benzene rings is 3. The number of fused-ring (bicyclic) bond motifs is 3. The maximum absolute atomic E-state index is 13.5. The molecule has 0 saturated carbocycles. The summed E-state index contributed by atoms with van der Waals surface area (Å²) in [6.45, 7) is 6.44. The average Bonchev–Trinajstić information content (AvgIpc) is 3.28. The van der Waals surface area contributed by atoms with Gasteiger partial charge in [0.25, 0.3) is 5.91 Å². The van der Waals surface area contributed by atoms with E-state index in [0.717, 1.165) is 33.4 Å². The summed E-state index contributed by atoms with van der Waals surface area (Å²) in [5.41, 5.74) is 6.76. The number of anilines is 2. The number of imidazole rings is 1. The van der Waals surface area contributed by atoms with E-state index in [2.05, 4.69) is 5.32 Å². The zero-order valence-electron chi connectivity index (χ0n) is 19.0. The first-order valence-electron chi connectivity index (χ1n) is 11.1. The van der Waals surface area contributed by atoms with E-state index in [1.54, 1.807) is 4.90 Å². The summed E-state index contributed by atoms with van der Waals surface area (Å²) in [5, 5.41) is 2.98. The molecule has 3 aromatic carbocycles. The lowest BCUT2D eigenvalue weighted by Gasteiger charge is -2.16. The standard InChI is InChI=1S/C27H26N4O2/c1-17-8-11-20(12-9-17)16-30-26(33)24(31-23-7-5-4-6-22(23)29-27(30)31)15-25(32)28-21-13-10-18(2)14-19(21)3/h4-14,24H,15-16H2,1-3H3,(H,28,32)/t24-/m1/s1. The number of amides is 2. The molecule has 1 atom stereocenters. The molecule has 2 amide bonds. The second-order valence-electron chi connectivity index (χ2n) is 8.77. The van der Waals surface area contributed by atoms with Gasteiger partial charge in [-0.15, -0.1) is 0 Å². The van der Waals surface area contributed by atoms with Gasteiger partial charge in [0, 0.05) is 5.69 Å². The number of aromatic nitrogens is 2. The summed E-state index contributed by atoms with van der Waals surface area (Å²) in [4.78, 5) is 33.0. The molecular formula is C27H26N4O2. The fourth-order valence-corrected chi connectivity index (χ4v) is 4.45. The van der Waals surface area contributed by atoms with Crippen LogP contribution in [0.4, 0.5) is 11.6 Å². The van der Waals surface area contributed by atoms with Gasteiger partial charge in [-0.1, -0.05) is 59.7 Å². The second-order valence-corrected chi connectivity index (χ2v) is 8.77. The molecule has 0 fully saturated rings. The number of carbonyl (C=O) groups excluding carboxylic acids is 2. The minimum atomic E-state index is -0.636. The molecule has 5 rings (SSSR count). The lowest BCUT2D eigenvalue weighted by molar-refractivity contribution is -0.124. The summed E-state index contributed by atoms with van der Waals surface area (Å²) in [6, 6.07) is 21.1. The van der Waals surface area contributed by atoms with Gasteiger partial charge in [-0.05, 0) is 50.1 Å². The molecule has 2 heterocycles. The molecule has 6 heteroatoms. The Morgan fingerprint density at radius 3 is 2.45 bits per heavy atom. The first-order chi connectivity index (χ1) is 15.9. The van der Waals surface area contributed by atoms with E-state index < -0.39 is 6.04 Å². The first-order valence-corrected chi connectivity index (χ1v) is 11.1. The van der Waals surface area contributed by atoms with Crippen LogP contribution >= 0.6 is 0 Å². The molecule has 1 aliphatic heterocycles. The molecule has 0 bridgehead atoms. The number of aryl methyl sites for hydroxylation is 3. The zero-order valence-corrected chi connectivity index (χ0v) is 19.0. The van der Waals surface area contributed by atoms with Gasteiger partial charge in [0.15, 0.2) is 0 Å². The van der Waals surface area contributed by atoms with Crippen molar-refractivity contribution >= 4 is 34.5 Å². The molecule has 0 unspecified atom stereocenters. The van der Waals surface area contributed by atoms with E-state index in [1.807, 2.05) is 92.1 Å². The highest BCUT2D eigenvalue weighted by Crippen LogP contribution is 2.37. The van der Waals surface area contributed by atoms with E-state index in [1.165, 1.54) is 5.56 Å². The number of nitrogens with one attached hydrogen (secondary N) is 1. The molecule has 1 aromatic heterocycles. The lowest BCUT2D eigenvalue weighted by Crippen LogP contribution is -2.31. The van der Waals surface area contributed by atoms with E-state index in [0.29, 0.717) is 12.5 Å². The lowest BCUT2D eigenvalue weighted by atomic mass is 10.1. The van der Waals surface area contributed by atoms with E-state index in [9.17, 15) is 9.59 Å². The Bertz CT molecular complexity index is 1370. The van der Waals surface area contributed by atoms with Crippen LogP contribution in [0.25, 0.3) is 11.0 Å². The monoisotopic (exact) mass is 438 g/mol. The number of hydrogen-bond donors (Lipinski definition) is 1. The Kier molecular flexibility index (Phi) is 5.21. The van der Waals surface area contributed by atoms with Gasteiger partial charge in [-0.3, -0.25) is 19.1 Å². The molecule has 6 nitrogen and oxygen atoms in total. The van der Waals surface area contributed by atoms with E-state index in [4.69, 9.17) is 4.98 Å². The fraction of sp³-hybridized carbons (Fsp3) is 0.222. The minimum absolute atomic E-state index is 0.0455. The van der Waals surface area contributed by atoms with Crippen molar-refractivity contribution in [2.45, 2.75) is 39.8 Å². The van der Waals surface area contributed by atoms with Gasteiger partial charge >= 0.3 is 0 Å². The van der Waals surface area contributed by atoms with Crippen molar-refractivity contribution in [3.8, 4) is 0 Å². The van der Waals surface area contributed by atoms with Crippen LogP contribution in [-0.4, -0.2) is 21.4 Å². The summed E-state index contributed by atoms with van der Waals surface area (Å²) >= 11 is 0. The molecule has 1 N–H and O–H groups in total. The van der Waals surface area contributed by atoms with Crippen LogP contribution in [0.3, 0.4) is 0 Å². The predicted octanol–water partition coefficient (Wildman–Crippen LogP) is 5.08. The van der Waals surface area contributed by atoms with Gasteiger partial charge < -0.3 is 5.32 Å². The molecule has 0 aliphatic carbocycles. The Morgan fingerprint density at radius 2 is 1.70 bits per heavy atom. The maximum Gasteiger partial charge on any atom is 0.253 e. The molecule has 0 spiro atoms. The Hall–Kier alpha value is -3.93. The highest BCUT2D eigenvalue weighted by molar-refractivity contribution is 6.05. The van der Waals surface area contributed by atoms with Gasteiger partial charge in [0.05, 0.1) is 24.0 Å². The summed E-state index contributed by atoms with van der Waals surface area (Å²) < 4.78 is 1.91. The maximum atomic E-state index is 13.5. The van der Waals surface area contributed by atoms with Crippen molar-refractivity contribution in [2.24, 2.45) is 0 Å². The van der Waals surface area contributed by atoms with Crippen LogP contribution in [0.2, 0.25) is 0 Å². The normalized spacial score (nSPS) is 15.2.